The number of fused-ring (bicyclic) bond motifs is 2. The number of hydrogen-bond donors (Lipinski definition) is 2. The van der Waals surface area contributed by atoms with Crippen LogP contribution in [0, 0.1) is 11.3 Å². The lowest BCUT2D eigenvalue weighted by molar-refractivity contribution is 1.40. The minimum Gasteiger partial charge on any atom is -0.397 e. The predicted molar refractivity (Wildman–Crippen MR) is 88.2 cm³/mol. The normalized spacial score (nSPS) is 10.9. The van der Waals surface area contributed by atoms with Gasteiger partial charge >= 0.3 is 0 Å². The molecule has 4 aromatic rings. The van der Waals surface area contributed by atoms with Crippen LogP contribution >= 0.6 is 0 Å². The first-order chi connectivity index (χ1) is 10.8. The summed E-state index contributed by atoms with van der Waals surface area (Å²) in [5, 5.41) is 11.1. The van der Waals surface area contributed by atoms with Gasteiger partial charge in [0.2, 0.25) is 0 Å². The maximum absolute atomic E-state index is 9.08. The number of rotatable bonds is 1. The van der Waals surface area contributed by atoms with Gasteiger partial charge in [-0.15, -0.1) is 0 Å². The number of nitrogen functional groups attached to an aromatic ring is 1. The van der Waals surface area contributed by atoms with Crippen LogP contribution in [-0.2, 0) is 0 Å². The highest BCUT2D eigenvalue weighted by Gasteiger charge is 2.09. The first kappa shape index (κ1) is 12.4. The number of anilines is 1. The van der Waals surface area contributed by atoms with Crippen LogP contribution in [0.1, 0.15) is 5.56 Å². The summed E-state index contributed by atoms with van der Waals surface area (Å²) in [5.74, 6) is 0. The SMILES string of the molecule is N#Cc1ccc2[nH]cc(-c3ccc4cccc(N)c4n3)c2c1. The number of nitrogens with two attached hydrogens (primary N) is 1. The largest absolute Gasteiger partial charge is 0.397 e. The van der Waals surface area contributed by atoms with Crippen LogP contribution in [0.15, 0.2) is 54.7 Å². The molecule has 2 heterocycles. The highest BCUT2D eigenvalue weighted by molar-refractivity contribution is 5.97. The van der Waals surface area contributed by atoms with E-state index < -0.39 is 0 Å². The molecule has 0 fully saturated rings. The fourth-order valence-corrected chi connectivity index (χ4v) is 2.72. The zero-order chi connectivity index (χ0) is 15.1. The number of para-hydroxylation sites is 1. The molecule has 104 valence electrons. The third kappa shape index (κ3) is 1.80. The van der Waals surface area contributed by atoms with Crippen LogP contribution in [0.2, 0.25) is 0 Å². The zero-order valence-electron chi connectivity index (χ0n) is 11.7. The molecule has 0 aliphatic carbocycles. The Bertz CT molecular complexity index is 1050. The molecule has 4 heteroatoms. The summed E-state index contributed by atoms with van der Waals surface area (Å²) in [6.07, 6.45) is 1.92. The highest BCUT2D eigenvalue weighted by atomic mass is 14.8. The van der Waals surface area contributed by atoms with Crippen molar-refractivity contribution in [2.24, 2.45) is 0 Å². The summed E-state index contributed by atoms with van der Waals surface area (Å²) in [6.45, 7) is 0. The van der Waals surface area contributed by atoms with Crippen LogP contribution in [-0.4, -0.2) is 9.97 Å². The number of nitrogens with zero attached hydrogens (tertiary/aromatic N) is 2. The van der Waals surface area contributed by atoms with Gasteiger partial charge in [0.1, 0.15) is 0 Å². The molecule has 0 spiro atoms. The van der Waals surface area contributed by atoms with Crippen molar-refractivity contribution in [2.45, 2.75) is 0 Å². The maximum atomic E-state index is 9.08. The first-order valence-corrected chi connectivity index (χ1v) is 6.93. The van der Waals surface area contributed by atoms with Gasteiger partial charge in [0.05, 0.1) is 28.5 Å². The van der Waals surface area contributed by atoms with Crippen LogP contribution in [0.5, 0.6) is 0 Å². The van der Waals surface area contributed by atoms with E-state index in [0.717, 1.165) is 33.1 Å². The second-order valence-electron chi connectivity index (χ2n) is 5.19. The molecular formula is C18H12N4. The third-order valence-corrected chi connectivity index (χ3v) is 3.84. The Balaban J connectivity index is 1.99. The van der Waals surface area contributed by atoms with E-state index in [4.69, 9.17) is 16.0 Å². The maximum Gasteiger partial charge on any atom is 0.0991 e. The third-order valence-electron chi connectivity index (χ3n) is 3.84. The molecule has 0 unspecified atom stereocenters. The first-order valence-electron chi connectivity index (χ1n) is 6.93. The van der Waals surface area contributed by atoms with Crippen molar-refractivity contribution in [2.75, 3.05) is 5.73 Å². The monoisotopic (exact) mass is 284 g/mol. The van der Waals surface area contributed by atoms with Crippen molar-refractivity contribution in [1.82, 2.24) is 9.97 Å². The van der Waals surface area contributed by atoms with E-state index in [1.165, 1.54) is 0 Å². The second kappa shape index (κ2) is 4.61. The molecule has 2 aromatic heterocycles. The van der Waals surface area contributed by atoms with E-state index in [1.54, 1.807) is 6.07 Å². The van der Waals surface area contributed by atoms with Crippen LogP contribution in [0.25, 0.3) is 33.1 Å². The van der Waals surface area contributed by atoms with Gasteiger partial charge in [-0.25, -0.2) is 4.98 Å². The Morgan fingerprint density at radius 2 is 2.00 bits per heavy atom. The van der Waals surface area contributed by atoms with Crippen LogP contribution in [0.3, 0.4) is 0 Å². The fourth-order valence-electron chi connectivity index (χ4n) is 2.72. The van der Waals surface area contributed by atoms with Crippen LogP contribution in [0.4, 0.5) is 5.69 Å². The summed E-state index contributed by atoms with van der Waals surface area (Å²) in [5.41, 5.74) is 10.9. The molecule has 0 saturated carbocycles. The zero-order valence-corrected chi connectivity index (χ0v) is 11.7. The Kier molecular flexibility index (Phi) is 2.60. The lowest BCUT2D eigenvalue weighted by atomic mass is 10.1. The summed E-state index contributed by atoms with van der Waals surface area (Å²) >= 11 is 0. The number of nitrogens with one attached hydrogen (secondary N) is 1. The quantitative estimate of drug-likeness (QED) is 0.521. The molecule has 0 aliphatic rings. The number of benzene rings is 2. The van der Waals surface area contributed by atoms with E-state index >= 15 is 0 Å². The predicted octanol–water partition coefficient (Wildman–Crippen LogP) is 3.84. The second-order valence-corrected chi connectivity index (χ2v) is 5.19. The molecule has 0 radical (unpaired) electrons. The van der Waals surface area contributed by atoms with Crippen molar-refractivity contribution in [3.63, 3.8) is 0 Å². The van der Waals surface area contributed by atoms with Gasteiger partial charge < -0.3 is 10.7 Å². The van der Waals surface area contributed by atoms with Gasteiger partial charge in [0.25, 0.3) is 0 Å². The molecule has 22 heavy (non-hydrogen) atoms. The number of aromatic amines is 1. The molecule has 3 N–H and O–H groups in total. The number of pyridine rings is 1. The van der Waals surface area contributed by atoms with E-state index in [-0.39, 0.29) is 0 Å². The van der Waals surface area contributed by atoms with Crippen molar-refractivity contribution < 1.29 is 0 Å². The number of hydrogen-bond acceptors (Lipinski definition) is 3. The molecule has 0 aliphatic heterocycles. The molecule has 0 saturated heterocycles. The lowest BCUT2D eigenvalue weighted by Crippen LogP contribution is -1.91. The van der Waals surface area contributed by atoms with Crippen molar-refractivity contribution >= 4 is 27.5 Å². The Hall–Kier alpha value is -3.32. The minimum absolute atomic E-state index is 0.633. The molecule has 0 bridgehead atoms. The number of H-pyrrole nitrogens is 1. The van der Waals surface area contributed by atoms with Gasteiger partial charge in [0.15, 0.2) is 0 Å². The number of nitriles is 1. The average Bonchev–Trinajstić information content (AvgIpc) is 2.98. The standard InChI is InChI=1S/C18H12N4/c19-9-11-4-6-16-13(8-11)14(10-21-16)17-7-5-12-2-1-3-15(20)18(12)22-17/h1-8,10,21H,20H2. The van der Waals surface area contributed by atoms with Gasteiger partial charge in [-0.1, -0.05) is 18.2 Å². The van der Waals surface area contributed by atoms with Gasteiger partial charge in [-0.3, -0.25) is 0 Å². The smallest absolute Gasteiger partial charge is 0.0991 e. The van der Waals surface area contributed by atoms with Crippen molar-refractivity contribution in [3.8, 4) is 17.3 Å². The van der Waals surface area contributed by atoms with E-state index in [0.29, 0.717) is 11.3 Å². The molecule has 4 rings (SSSR count). The van der Waals surface area contributed by atoms with Gasteiger partial charge in [0, 0.05) is 28.0 Å². The summed E-state index contributed by atoms with van der Waals surface area (Å²) < 4.78 is 0. The van der Waals surface area contributed by atoms with Gasteiger partial charge in [-0.05, 0) is 30.3 Å². The lowest BCUT2D eigenvalue weighted by Gasteiger charge is -2.04. The Morgan fingerprint density at radius 3 is 2.86 bits per heavy atom. The minimum atomic E-state index is 0.633. The number of aromatic nitrogens is 2. The molecule has 2 aromatic carbocycles. The van der Waals surface area contributed by atoms with E-state index in [2.05, 4.69) is 11.1 Å². The van der Waals surface area contributed by atoms with E-state index in [1.807, 2.05) is 48.7 Å². The van der Waals surface area contributed by atoms with E-state index in [9.17, 15) is 0 Å². The molecular weight excluding hydrogens is 272 g/mol. The molecule has 0 atom stereocenters. The molecule has 4 nitrogen and oxygen atoms in total. The summed E-state index contributed by atoms with van der Waals surface area (Å²) in [4.78, 5) is 7.91. The van der Waals surface area contributed by atoms with Crippen molar-refractivity contribution in [1.29, 1.82) is 5.26 Å². The summed E-state index contributed by atoms with van der Waals surface area (Å²) in [7, 11) is 0. The highest BCUT2D eigenvalue weighted by Crippen LogP contribution is 2.30. The fraction of sp³-hybridized carbons (Fsp3) is 0. The van der Waals surface area contributed by atoms with Crippen LogP contribution < -0.4 is 5.73 Å². The van der Waals surface area contributed by atoms with Crippen molar-refractivity contribution in [3.05, 3.63) is 60.3 Å². The Morgan fingerprint density at radius 1 is 1.09 bits per heavy atom. The molecule has 0 amide bonds. The average molecular weight is 284 g/mol. The summed E-state index contributed by atoms with van der Waals surface area (Å²) in [6, 6.07) is 17.5. The Labute approximate surface area is 126 Å². The topological polar surface area (TPSA) is 78.5 Å². The van der Waals surface area contributed by atoms with Gasteiger partial charge in [-0.2, -0.15) is 5.26 Å².